The summed E-state index contributed by atoms with van der Waals surface area (Å²) < 4.78 is 4.99. The first-order valence-electron chi connectivity index (χ1n) is 5.76. The number of rotatable bonds is 7. The van der Waals surface area contributed by atoms with Crippen LogP contribution in [0.3, 0.4) is 0 Å². The zero-order valence-corrected chi connectivity index (χ0v) is 11.2. The molecule has 1 aromatic rings. The molecule has 0 spiro atoms. The van der Waals surface area contributed by atoms with Gasteiger partial charge in [0.15, 0.2) is 5.12 Å². The summed E-state index contributed by atoms with van der Waals surface area (Å²) in [5.74, 6) is 0.762. The summed E-state index contributed by atoms with van der Waals surface area (Å²) in [5.41, 5.74) is 1.77. The van der Waals surface area contributed by atoms with E-state index in [2.05, 4.69) is 0 Å². The number of hydrogen-bond donors (Lipinski definition) is 2. The second-order valence-corrected chi connectivity index (χ2v) is 5.05. The van der Waals surface area contributed by atoms with Gasteiger partial charge in [0.1, 0.15) is 0 Å². The molecule has 0 saturated carbocycles. The summed E-state index contributed by atoms with van der Waals surface area (Å²) in [6.07, 6.45) is 0.818. The summed E-state index contributed by atoms with van der Waals surface area (Å²) in [4.78, 5) is 10.8. The lowest BCUT2D eigenvalue weighted by atomic mass is 9.79. The highest BCUT2D eigenvalue weighted by Gasteiger charge is 2.15. The third-order valence-electron chi connectivity index (χ3n) is 2.33. The maximum atomic E-state index is 10.8. The monoisotopic (exact) mass is 268 g/mol. The first-order chi connectivity index (χ1) is 8.63. The average molecular weight is 268 g/mol. The minimum atomic E-state index is -1.00. The zero-order chi connectivity index (χ0) is 13.4. The Morgan fingerprint density at radius 1 is 1.39 bits per heavy atom. The highest BCUT2D eigenvalue weighted by Crippen LogP contribution is 2.07. The molecule has 6 heteroatoms. The molecular weight excluding hydrogens is 251 g/mol. The lowest BCUT2D eigenvalue weighted by Crippen LogP contribution is -2.34. The number of aliphatic hydroxyl groups is 1. The van der Waals surface area contributed by atoms with Crippen molar-refractivity contribution in [2.75, 3.05) is 19.0 Å². The van der Waals surface area contributed by atoms with Crippen LogP contribution in [-0.4, -0.2) is 41.3 Å². The van der Waals surface area contributed by atoms with E-state index >= 15 is 0 Å². The highest BCUT2D eigenvalue weighted by atomic mass is 32.2. The molecule has 0 fully saturated rings. The SMILES string of the molecule is CC(=O)SCCc1ccc(B(O)OCCO)cc1. The fourth-order valence-electron chi connectivity index (χ4n) is 1.42. The maximum Gasteiger partial charge on any atom is 0.491 e. The Hall–Kier alpha value is -0.815. The van der Waals surface area contributed by atoms with Gasteiger partial charge < -0.3 is 14.8 Å². The molecule has 0 bridgehead atoms. The van der Waals surface area contributed by atoms with Crippen LogP contribution in [0.25, 0.3) is 0 Å². The van der Waals surface area contributed by atoms with Crippen molar-refractivity contribution in [3.8, 4) is 0 Å². The van der Waals surface area contributed by atoms with Crippen molar-refractivity contribution in [2.24, 2.45) is 0 Å². The topological polar surface area (TPSA) is 66.8 Å². The second-order valence-electron chi connectivity index (χ2n) is 3.78. The number of thioether (sulfide) groups is 1. The molecule has 0 atom stereocenters. The molecule has 0 radical (unpaired) electrons. The molecule has 0 heterocycles. The van der Waals surface area contributed by atoms with Gasteiger partial charge in [-0.3, -0.25) is 4.79 Å². The van der Waals surface area contributed by atoms with Crippen LogP contribution in [-0.2, 0) is 15.9 Å². The first kappa shape index (κ1) is 15.2. The summed E-state index contributed by atoms with van der Waals surface area (Å²) in [6, 6.07) is 7.38. The van der Waals surface area contributed by atoms with E-state index in [-0.39, 0.29) is 18.3 Å². The molecular formula is C12H17BO4S. The van der Waals surface area contributed by atoms with Crippen LogP contribution < -0.4 is 5.46 Å². The Morgan fingerprint density at radius 3 is 2.61 bits per heavy atom. The van der Waals surface area contributed by atoms with Crippen molar-refractivity contribution in [3.05, 3.63) is 29.8 Å². The molecule has 0 amide bonds. The van der Waals surface area contributed by atoms with Crippen molar-refractivity contribution in [1.82, 2.24) is 0 Å². The molecule has 0 aliphatic rings. The largest absolute Gasteiger partial charge is 0.491 e. The normalized spacial score (nSPS) is 10.4. The van der Waals surface area contributed by atoms with Crippen molar-refractivity contribution in [1.29, 1.82) is 0 Å². The maximum absolute atomic E-state index is 10.8. The Morgan fingerprint density at radius 2 is 2.06 bits per heavy atom. The molecule has 0 aromatic heterocycles. The molecule has 1 rings (SSSR count). The Balaban J connectivity index is 2.44. The molecule has 2 N–H and O–H groups in total. The molecule has 0 saturated heterocycles. The number of aliphatic hydroxyl groups excluding tert-OH is 1. The van der Waals surface area contributed by atoms with Gasteiger partial charge in [0, 0.05) is 12.7 Å². The van der Waals surface area contributed by atoms with Gasteiger partial charge in [0.25, 0.3) is 0 Å². The van der Waals surface area contributed by atoms with Gasteiger partial charge in [0.05, 0.1) is 13.2 Å². The van der Waals surface area contributed by atoms with E-state index in [1.807, 2.05) is 12.1 Å². The van der Waals surface area contributed by atoms with Crippen LogP contribution >= 0.6 is 11.8 Å². The van der Waals surface area contributed by atoms with Gasteiger partial charge in [0.2, 0.25) is 0 Å². The van der Waals surface area contributed by atoms with E-state index in [0.717, 1.165) is 17.7 Å². The highest BCUT2D eigenvalue weighted by molar-refractivity contribution is 8.13. The number of benzene rings is 1. The van der Waals surface area contributed by atoms with Gasteiger partial charge in [-0.25, -0.2) is 0 Å². The fourth-order valence-corrected chi connectivity index (χ4v) is 2.05. The van der Waals surface area contributed by atoms with E-state index in [1.165, 1.54) is 11.8 Å². The lowest BCUT2D eigenvalue weighted by Gasteiger charge is -2.07. The molecule has 98 valence electrons. The third kappa shape index (κ3) is 5.68. The van der Waals surface area contributed by atoms with E-state index in [1.54, 1.807) is 19.1 Å². The predicted molar refractivity (Wildman–Crippen MR) is 73.9 cm³/mol. The van der Waals surface area contributed by atoms with Crippen molar-refractivity contribution >= 4 is 29.5 Å². The fraction of sp³-hybridized carbons (Fsp3) is 0.417. The standard InChI is InChI=1S/C12H17BO4S/c1-10(15)18-9-6-11-2-4-12(5-3-11)13(16)17-8-7-14/h2-5,14,16H,6-9H2,1H3. The van der Waals surface area contributed by atoms with Crippen LogP contribution in [0.5, 0.6) is 0 Å². The van der Waals surface area contributed by atoms with E-state index in [9.17, 15) is 9.82 Å². The molecule has 0 aliphatic carbocycles. The minimum Gasteiger partial charge on any atom is -0.423 e. The lowest BCUT2D eigenvalue weighted by molar-refractivity contribution is -0.109. The number of carbonyl (C=O) groups excluding carboxylic acids is 1. The summed E-state index contributed by atoms with van der Waals surface area (Å²) in [7, 11) is -1.00. The van der Waals surface area contributed by atoms with Crippen LogP contribution in [0.15, 0.2) is 24.3 Å². The summed E-state index contributed by atoms with van der Waals surface area (Å²) >= 11 is 1.31. The number of carbonyl (C=O) groups is 1. The zero-order valence-electron chi connectivity index (χ0n) is 10.3. The van der Waals surface area contributed by atoms with E-state index < -0.39 is 7.12 Å². The van der Waals surface area contributed by atoms with Gasteiger partial charge in [-0.05, 0) is 17.4 Å². The quantitative estimate of drug-likeness (QED) is 0.692. The van der Waals surface area contributed by atoms with Crippen molar-refractivity contribution in [2.45, 2.75) is 13.3 Å². The number of aryl methyl sites for hydroxylation is 1. The van der Waals surface area contributed by atoms with Crippen LogP contribution in [0, 0.1) is 0 Å². The molecule has 1 aromatic carbocycles. The van der Waals surface area contributed by atoms with Crippen LogP contribution in [0.2, 0.25) is 0 Å². The molecule has 0 aliphatic heterocycles. The van der Waals surface area contributed by atoms with Gasteiger partial charge >= 0.3 is 7.12 Å². The summed E-state index contributed by atoms with van der Waals surface area (Å²) in [5, 5.41) is 18.3. The molecule has 4 nitrogen and oxygen atoms in total. The molecule has 0 unspecified atom stereocenters. The van der Waals surface area contributed by atoms with Crippen LogP contribution in [0.4, 0.5) is 0 Å². The third-order valence-corrected chi connectivity index (χ3v) is 3.14. The minimum absolute atomic E-state index is 0.109. The van der Waals surface area contributed by atoms with Gasteiger partial charge in [-0.15, -0.1) is 0 Å². The number of hydrogen-bond acceptors (Lipinski definition) is 5. The first-order valence-corrected chi connectivity index (χ1v) is 6.74. The predicted octanol–water partition coefficient (Wildman–Crippen LogP) is 0.205. The van der Waals surface area contributed by atoms with Gasteiger partial charge in [-0.1, -0.05) is 36.0 Å². The average Bonchev–Trinajstić information content (AvgIpc) is 2.36. The van der Waals surface area contributed by atoms with Crippen LogP contribution in [0.1, 0.15) is 12.5 Å². The van der Waals surface area contributed by atoms with Crippen molar-refractivity contribution in [3.63, 3.8) is 0 Å². The van der Waals surface area contributed by atoms with Gasteiger partial charge in [-0.2, -0.15) is 0 Å². The smallest absolute Gasteiger partial charge is 0.423 e. The molecule has 18 heavy (non-hydrogen) atoms. The summed E-state index contributed by atoms with van der Waals surface area (Å²) in [6.45, 7) is 1.55. The Bertz CT molecular complexity index is 369. The Labute approximate surface area is 112 Å². The van der Waals surface area contributed by atoms with E-state index in [4.69, 9.17) is 9.76 Å². The second kappa shape index (κ2) is 8.32. The van der Waals surface area contributed by atoms with E-state index in [0.29, 0.717) is 5.46 Å². The van der Waals surface area contributed by atoms with Crippen molar-refractivity contribution < 1.29 is 19.6 Å². The Kier molecular flexibility index (Phi) is 7.04.